The first-order valence-electron chi connectivity index (χ1n) is 13.2. The Morgan fingerprint density at radius 2 is 1.61 bits per heavy atom. The molecule has 11 heteroatoms. The van der Waals surface area contributed by atoms with Crippen LogP contribution in [0.2, 0.25) is 5.02 Å². The van der Waals surface area contributed by atoms with Gasteiger partial charge in [-0.3, -0.25) is 13.9 Å². The molecule has 0 fully saturated rings. The SMILES string of the molecule is CCCCNC(=O)[C@@H](C)N(Cc1ccc(Cl)cc1)C(=O)CN(c1ccc(OC)c(OC)c1)S(=O)(=O)c1ccccc1. The van der Waals surface area contributed by atoms with Gasteiger partial charge in [-0.05, 0) is 55.3 Å². The van der Waals surface area contributed by atoms with E-state index in [1.807, 2.05) is 6.92 Å². The van der Waals surface area contributed by atoms with Crippen molar-refractivity contribution in [3.8, 4) is 11.5 Å². The van der Waals surface area contributed by atoms with Gasteiger partial charge in [0.05, 0.1) is 24.8 Å². The van der Waals surface area contributed by atoms with Gasteiger partial charge >= 0.3 is 0 Å². The summed E-state index contributed by atoms with van der Waals surface area (Å²) < 4.78 is 39.5. The second kappa shape index (κ2) is 14.7. The number of unbranched alkanes of at least 4 members (excludes halogenated alkanes) is 1. The molecule has 0 radical (unpaired) electrons. The van der Waals surface area contributed by atoms with E-state index in [1.54, 1.807) is 61.5 Å². The Labute approximate surface area is 247 Å². The van der Waals surface area contributed by atoms with Crippen LogP contribution in [0.1, 0.15) is 32.3 Å². The van der Waals surface area contributed by atoms with Gasteiger partial charge in [-0.15, -0.1) is 0 Å². The Hall–Kier alpha value is -3.76. The first-order valence-corrected chi connectivity index (χ1v) is 15.1. The molecule has 0 aliphatic carbocycles. The van der Waals surface area contributed by atoms with Crippen molar-refractivity contribution in [1.82, 2.24) is 10.2 Å². The number of carbonyl (C=O) groups excluding carboxylic acids is 2. The summed E-state index contributed by atoms with van der Waals surface area (Å²) in [6.07, 6.45) is 1.70. The summed E-state index contributed by atoms with van der Waals surface area (Å²) in [6.45, 7) is 3.63. The standard InChI is InChI=1S/C30H36ClN3O6S/c1-5-6-18-32-30(36)22(2)33(20-23-12-14-24(31)15-13-23)29(35)21-34(41(37,38)26-10-8-7-9-11-26)25-16-17-27(39-3)28(19-25)40-4/h7-17,19,22H,5-6,18,20-21H2,1-4H3,(H,32,36)/t22-/m1/s1. The summed E-state index contributed by atoms with van der Waals surface area (Å²) in [7, 11) is -1.28. The van der Waals surface area contributed by atoms with Crippen LogP contribution < -0.4 is 19.1 Å². The number of amides is 2. The zero-order valence-corrected chi connectivity index (χ0v) is 25.2. The molecule has 0 spiro atoms. The second-order valence-corrected chi connectivity index (χ2v) is 11.6. The Kier molecular flexibility index (Phi) is 11.4. The van der Waals surface area contributed by atoms with Crippen molar-refractivity contribution in [3.05, 3.63) is 83.4 Å². The van der Waals surface area contributed by atoms with Gasteiger partial charge in [0.2, 0.25) is 11.8 Å². The van der Waals surface area contributed by atoms with E-state index in [2.05, 4.69) is 5.32 Å². The topological polar surface area (TPSA) is 105 Å². The van der Waals surface area contributed by atoms with Crippen LogP contribution in [0, 0.1) is 0 Å². The maximum Gasteiger partial charge on any atom is 0.264 e. The highest BCUT2D eigenvalue weighted by Crippen LogP contribution is 2.34. The van der Waals surface area contributed by atoms with Gasteiger partial charge in [0, 0.05) is 24.2 Å². The molecule has 0 aromatic heterocycles. The van der Waals surface area contributed by atoms with Gasteiger partial charge in [-0.25, -0.2) is 8.42 Å². The van der Waals surface area contributed by atoms with Crippen molar-refractivity contribution in [2.24, 2.45) is 0 Å². The first kappa shape index (κ1) is 31.8. The predicted molar refractivity (Wildman–Crippen MR) is 160 cm³/mol. The lowest BCUT2D eigenvalue weighted by atomic mass is 10.1. The van der Waals surface area contributed by atoms with Gasteiger partial charge in [0.25, 0.3) is 10.0 Å². The van der Waals surface area contributed by atoms with Crippen molar-refractivity contribution < 1.29 is 27.5 Å². The van der Waals surface area contributed by atoms with E-state index in [4.69, 9.17) is 21.1 Å². The van der Waals surface area contributed by atoms with E-state index >= 15 is 0 Å². The molecule has 9 nitrogen and oxygen atoms in total. The van der Waals surface area contributed by atoms with Crippen LogP contribution in [-0.4, -0.2) is 58.5 Å². The summed E-state index contributed by atoms with van der Waals surface area (Å²) in [6, 6.07) is 18.5. The smallest absolute Gasteiger partial charge is 0.264 e. The number of sulfonamides is 1. The molecule has 2 amide bonds. The van der Waals surface area contributed by atoms with Crippen LogP contribution in [-0.2, 0) is 26.2 Å². The van der Waals surface area contributed by atoms with Crippen LogP contribution >= 0.6 is 11.6 Å². The summed E-state index contributed by atoms with van der Waals surface area (Å²) in [5.74, 6) is -0.189. The maximum atomic E-state index is 14.0. The number of halogens is 1. The van der Waals surface area contributed by atoms with Crippen molar-refractivity contribution in [3.63, 3.8) is 0 Å². The fourth-order valence-corrected chi connectivity index (χ4v) is 5.69. The molecule has 0 bridgehead atoms. The van der Waals surface area contributed by atoms with E-state index in [1.165, 1.54) is 37.3 Å². The number of carbonyl (C=O) groups is 2. The highest BCUT2D eigenvalue weighted by Gasteiger charge is 2.33. The summed E-state index contributed by atoms with van der Waals surface area (Å²) in [5, 5.41) is 3.40. The maximum absolute atomic E-state index is 14.0. The Balaban J connectivity index is 2.04. The molecular formula is C30H36ClN3O6S. The minimum atomic E-state index is -4.20. The minimum Gasteiger partial charge on any atom is -0.493 e. The molecule has 41 heavy (non-hydrogen) atoms. The lowest BCUT2D eigenvalue weighted by Gasteiger charge is -2.32. The molecule has 3 aromatic carbocycles. The van der Waals surface area contributed by atoms with Crippen LogP contribution in [0.15, 0.2) is 77.7 Å². The third-order valence-electron chi connectivity index (χ3n) is 6.53. The van der Waals surface area contributed by atoms with Crippen LogP contribution in [0.4, 0.5) is 5.69 Å². The Bertz CT molecular complexity index is 1420. The largest absolute Gasteiger partial charge is 0.493 e. The number of nitrogens with one attached hydrogen (secondary N) is 1. The number of rotatable bonds is 14. The third-order valence-corrected chi connectivity index (χ3v) is 8.57. The second-order valence-electron chi connectivity index (χ2n) is 9.33. The van der Waals surface area contributed by atoms with Gasteiger partial charge in [-0.2, -0.15) is 0 Å². The molecule has 1 atom stereocenters. The molecule has 1 N–H and O–H groups in total. The van der Waals surface area contributed by atoms with Crippen LogP contribution in [0.3, 0.4) is 0 Å². The lowest BCUT2D eigenvalue weighted by molar-refractivity contribution is -0.139. The molecule has 0 heterocycles. The summed E-state index contributed by atoms with van der Waals surface area (Å²) >= 11 is 6.05. The van der Waals surface area contributed by atoms with Crippen LogP contribution in [0.25, 0.3) is 0 Å². The Morgan fingerprint density at radius 3 is 2.22 bits per heavy atom. The van der Waals surface area contributed by atoms with Gasteiger partial charge in [-0.1, -0.05) is 55.3 Å². The molecule has 0 aliphatic rings. The number of benzene rings is 3. The van der Waals surface area contributed by atoms with Gasteiger partial charge in [0.15, 0.2) is 11.5 Å². The van der Waals surface area contributed by atoms with E-state index in [0.717, 1.165) is 22.7 Å². The molecular weight excluding hydrogens is 566 g/mol. The van der Waals surface area contributed by atoms with Gasteiger partial charge < -0.3 is 19.7 Å². The van der Waals surface area contributed by atoms with Crippen molar-refractivity contribution in [1.29, 1.82) is 0 Å². The summed E-state index contributed by atoms with van der Waals surface area (Å²) in [5.41, 5.74) is 0.936. The highest BCUT2D eigenvalue weighted by molar-refractivity contribution is 7.92. The quantitative estimate of drug-likeness (QED) is 0.264. The number of hydrogen-bond donors (Lipinski definition) is 1. The average molecular weight is 602 g/mol. The van der Waals surface area contributed by atoms with Crippen LogP contribution in [0.5, 0.6) is 11.5 Å². The normalized spacial score (nSPS) is 11.8. The van der Waals surface area contributed by atoms with E-state index in [9.17, 15) is 18.0 Å². The Morgan fingerprint density at radius 1 is 0.951 bits per heavy atom. The number of anilines is 1. The number of hydrogen-bond acceptors (Lipinski definition) is 6. The fraction of sp³-hybridized carbons (Fsp3) is 0.333. The molecule has 0 saturated heterocycles. The zero-order chi connectivity index (χ0) is 30.0. The monoisotopic (exact) mass is 601 g/mol. The van der Waals surface area contributed by atoms with E-state index in [0.29, 0.717) is 23.1 Å². The molecule has 0 saturated carbocycles. The zero-order valence-electron chi connectivity index (χ0n) is 23.7. The molecule has 220 valence electrons. The third kappa shape index (κ3) is 8.14. The number of methoxy groups -OCH3 is 2. The lowest BCUT2D eigenvalue weighted by Crippen LogP contribution is -2.51. The predicted octanol–water partition coefficient (Wildman–Crippen LogP) is 4.89. The number of ether oxygens (including phenoxy) is 2. The van der Waals surface area contributed by atoms with E-state index in [-0.39, 0.29) is 23.0 Å². The number of nitrogens with zero attached hydrogens (tertiary/aromatic N) is 2. The summed E-state index contributed by atoms with van der Waals surface area (Å²) in [4.78, 5) is 28.4. The molecule has 3 aromatic rings. The van der Waals surface area contributed by atoms with Crippen molar-refractivity contribution in [2.45, 2.75) is 44.2 Å². The van der Waals surface area contributed by atoms with Gasteiger partial charge in [0.1, 0.15) is 12.6 Å². The molecule has 0 aliphatic heterocycles. The first-order chi connectivity index (χ1) is 19.6. The molecule has 3 rings (SSSR count). The molecule has 0 unspecified atom stereocenters. The van der Waals surface area contributed by atoms with Crippen molar-refractivity contribution >= 4 is 39.1 Å². The fourth-order valence-electron chi connectivity index (χ4n) is 4.13. The highest BCUT2D eigenvalue weighted by atomic mass is 35.5. The van der Waals surface area contributed by atoms with E-state index < -0.39 is 28.5 Å². The van der Waals surface area contributed by atoms with Crippen molar-refractivity contribution in [2.75, 3.05) is 31.6 Å². The average Bonchev–Trinajstić information content (AvgIpc) is 2.99. The minimum absolute atomic E-state index is 0.0113.